The second-order valence-corrected chi connectivity index (χ2v) is 5.86. The Hall–Kier alpha value is -2.66. The van der Waals surface area contributed by atoms with Gasteiger partial charge in [-0.1, -0.05) is 41.4 Å². The summed E-state index contributed by atoms with van der Waals surface area (Å²) in [5.74, 6) is -0.118. The molecule has 2 N–H and O–H groups in total. The zero-order chi connectivity index (χ0) is 17.1. The second kappa shape index (κ2) is 6.84. The molecule has 0 spiro atoms. The largest absolute Gasteiger partial charge is 0.352 e. The number of hydrogen-bond acceptors (Lipinski definition) is 3. The lowest BCUT2D eigenvalue weighted by molar-refractivity contribution is 0.627. The molecular weight excluding hydrogens is 329 g/mol. The molecule has 3 aromatic rings. The first-order valence-corrected chi connectivity index (χ1v) is 7.75. The van der Waals surface area contributed by atoms with Crippen molar-refractivity contribution in [1.29, 1.82) is 0 Å². The molecule has 4 nitrogen and oxygen atoms in total. The highest BCUT2D eigenvalue weighted by Gasteiger charge is 2.05. The molecule has 0 radical (unpaired) electrons. The van der Waals surface area contributed by atoms with Crippen LogP contribution in [0.4, 0.5) is 10.3 Å². The van der Waals surface area contributed by atoms with Gasteiger partial charge in [0, 0.05) is 18.2 Å². The van der Waals surface area contributed by atoms with Gasteiger partial charge in [0.2, 0.25) is 5.95 Å². The Bertz CT molecular complexity index is 940. The van der Waals surface area contributed by atoms with Crippen LogP contribution in [0.3, 0.4) is 0 Å². The van der Waals surface area contributed by atoms with Gasteiger partial charge < -0.3 is 5.32 Å². The quantitative estimate of drug-likeness (QED) is 0.748. The molecule has 2 aromatic carbocycles. The maximum atomic E-state index is 13.2. The minimum Gasteiger partial charge on any atom is -0.352 e. The van der Waals surface area contributed by atoms with E-state index in [0.29, 0.717) is 18.2 Å². The van der Waals surface area contributed by atoms with Crippen molar-refractivity contribution in [2.24, 2.45) is 0 Å². The SMILES string of the molecule is Cc1cccc(-c2cc(=O)[nH]c(NCc3ccc(F)c(Cl)c3)n2)c1. The summed E-state index contributed by atoms with van der Waals surface area (Å²) in [7, 11) is 0. The zero-order valence-electron chi connectivity index (χ0n) is 12.9. The number of aromatic nitrogens is 2. The van der Waals surface area contributed by atoms with Crippen molar-refractivity contribution in [3.8, 4) is 11.3 Å². The molecule has 122 valence electrons. The van der Waals surface area contributed by atoms with Crippen molar-refractivity contribution >= 4 is 17.5 Å². The Morgan fingerprint density at radius 1 is 1.21 bits per heavy atom. The van der Waals surface area contributed by atoms with Crippen molar-refractivity contribution in [2.45, 2.75) is 13.5 Å². The Labute approximate surface area is 143 Å². The first-order chi connectivity index (χ1) is 11.5. The molecule has 0 saturated carbocycles. The summed E-state index contributed by atoms with van der Waals surface area (Å²) in [6, 6.07) is 13.7. The summed E-state index contributed by atoms with van der Waals surface area (Å²) in [6.45, 7) is 2.34. The van der Waals surface area contributed by atoms with Gasteiger partial charge >= 0.3 is 0 Å². The number of hydrogen-bond donors (Lipinski definition) is 2. The van der Waals surface area contributed by atoms with E-state index in [1.54, 1.807) is 6.07 Å². The highest BCUT2D eigenvalue weighted by molar-refractivity contribution is 6.30. The van der Waals surface area contributed by atoms with Gasteiger partial charge in [0.1, 0.15) is 5.82 Å². The molecule has 0 aliphatic carbocycles. The predicted molar refractivity (Wildman–Crippen MR) is 93.8 cm³/mol. The van der Waals surface area contributed by atoms with Gasteiger partial charge in [-0.25, -0.2) is 9.37 Å². The summed E-state index contributed by atoms with van der Waals surface area (Å²) in [5.41, 5.74) is 3.08. The highest BCUT2D eigenvalue weighted by Crippen LogP contribution is 2.19. The van der Waals surface area contributed by atoms with Crippen molar-refractivity contribution in [1.82, 2.24) is 9.97 Å². The summed E-state index contributed by atoms with van der Waals surface area (Å²) in [5, 5.41) is 3.08. The summed E-state index contributed by atoms with van der Waals surface area (Å²) >= 11 is 5.76. The topological polar surface area (TPSA) is 57.8 Å². The first kappa shape index (κ1) is 16.2. The Morgan fingerprint density at radius 2 is 2.04 bits per heavy atom. The number of nitrogens with zero attached hydrogens (tertiary/aromatic N) is 1. The van der Waals surface area contributed by atoms with Crippen LogP contribution in [0.1, 0.15) is 11.1 Å². The lowest BCUT2D eigenvalue weighted by atomic mass is 10.1. The molecule has 3 rings (SSSR count). The van der Waals surface area contributed by atoms with Crippen LogP contribution in [-0.2, 0) is 6.54 Å². The molecule has 0 unspecified atom stereocenters. The van der Waals surface area contributed by atoms with E-state index in [0.717, 1.165) is 16.7 Å². The van der Waals surface area contributed by atoms with Gasteiger partial charge in [0.05, 0.1) is 10.7 Å². The number of benzene rings is 2. The van der Waals surface area contributed by atoms with E-state index < -0.39 is 5.82 Å². The third-order valence-corrected chi connectivity index (χ3v) is 3.79. The third kappa shape index (κ3) is 3.81. The first-order valence-electron chi connectivity index (χ1n) is 7.37. The van der Waals surface area contributed by atoms with E-state index in [-0.39, 0.29) is 10.6 Å². The fraction of sp³-hybridized carbons (Fsp3) is 0.111. The fourth-order valence-electron chi connectivity index (χ4n) is 2.33. The maximum Gasteiger partial charge on any atom is 0.252 e. The van der Waals surface area contributed by atoms with Gasteiger partial charge in [0.15, 0.2) is 0 Å². The molecule has 6 heteroatoms. The number of aromatic amines is 1. The predicted octanol–water partition coefficient (Wildman–Crippen LogP) is 4.15. The fourth-order valence-corrected chi connectivity index (χ4v) is 2.53. The number of nitrogens with one attached hydrogen (secondary N) is 2. The molecule has 0 fully saturated rings. The van der Waals surface area contributed by atoms with Crippen LogP contribution in [0, 0.1) is 12.7 Å². The van der Waals surface area contributed by atoms with Crippen LogP contribution in [0.15, 0.2) is 53.3 Å². The van der Waals surface area contributed by atoms with Gasteiger partial charge in [-0.15, -0.1) is 0 Å². The molecule has 0 atom stereocenters. The normalized spacial score (nSPS) is 10.6. The number of aryl methyl sites for hydroxylation is 1. The minimum absolute atomic E-state index is 0.0595. The smallest absolute Gasteiger partial charge is 0.252 e. The van der Waals surface area contributed by atoms with E-state index in [1.165, 1.54) is 18.2 Å². The molecule has 1 heterocycles. The lowest BCUT2D eigenvalue weighted by Crippen LogP contribution is -2.12. The number of halogens is 2. The van der Waals surface area contributed by atoms with Gasteiger partial charge in [-0.05, 0) is 30.7 Å². The standard InChI is InChI=1S/C18H15ClFN3O/c1-11-3-2-4-13(7-11)16-9-17(24)23-18(22-16)21-10-12-5-6-15(20)14(19)8-12/h2-9H,10H2,1H3,(H2,21,22,23,24). The van der Waals surface area contributed by atoms with Crippen LogP contribution < -0.4 is 10.9 Å². The second-order valence-electron chi connectivity index (χ2n) is 5.45. The average molecular weight is 344 g/mol. The summed E-state index contributed by atoms with van der Waals surface area (Å²) in [4.78, 5) is 18.9. The Balaban J connectivity index is 1.83. The number of rotatable bonds is 4. The van der Waals surface area contributed by atoms with E-state index in [9.17, 15) is 9.18 Å². The Morgan fingerprint density at radius 3 is 2.79 bits per heavy atom. The lowest BCUT2D eigenvalue weighted by Gasteiger charge is -2.08. The van der Waals surface area contributed by atoms with Crippen molar-refractivity contribution in [2.75, 3.05) is 5.32 Å². The average Bonchev–Trinajstić information content (AvgIpc) is 2.55. The zero-order valence-corrected chi connectivity index (χ0v) is 13.7. The van der Waals surface area contributed by atoms with Gasteiger partial charge in [-0.3, -0.25) is 9.78 Å². The van der Waals surface area contributed by atoms with Gasteiger partial charge in [0.25, 0.3) is 5.56 Å². The molecular formula is C18H15ClFN3O. The molecule has 0 amide bonds. The van der Waals surface area contributed by atoms with Crippen LogP contribution >= 0.6 is 11.6 Å². The van der Waals surface area contributed by atoms with Gasteiger partial charge in [-0.2, -0.15) is 0 Å². The Kier molecular flexibility index (Phi) is 4.62. The molecule has 0 bridgehead atoms. The van der Waals surface area contributed by atoms with Crippen LogP contribution in [0.25, 0.3) is 11.3 Å². The van der Waals surface area contributed by atoms with E-state index in [4.69, 9.17) is 11.6 Å². The molecule has 0 aliphatic heterocycles. The minimum atomic E-state index is -0.464. The van der Waals surface area contributed by atoms with E-state index in [2.05, 4.69) is 15.3 Å². The van der Waals surface area contributed by atoms with Crippen LogP contribution in [0.5, 0.6) is 0 Å². The monoisotopic (exact) mass is 343 g/mol. The summed E-state index contributed by atoms with van der Waals surface area (Å²) < 4.78 is 13.2. The van der Waals surface area contributed by atoms with Crippen LogP contribution in [-0.4, -0.2) is 9.97 Å². The van der Waals surface area contributed by atoms with E-state index in [1.807, 2.05) is 31.2 Å². The molecule has 24 heavy (non-hydrogen) atoms. The molecule has 0 saturated heterocycles. The molecule has 0 aliphatic rings. The van der Waals surface area contributed by atoms with Crippen LogP contribution in [0.2, 0.25) is 5.02 Å². The third-order valence-electron chi connectivity index (χ3n) is 3.50. The summed E-state index contributed by atoms with van der Waals surface area (Å²) in [6.07, 6.45) is 0. The van der Waals surface area contributed by atoms with E-state index >= 15 is 0 Å². The van der Waals surface area contributed by atoms with Crippen molar-refractivity contribution < 1.29 is 4.39 Å². The van der Waals surface area contributed by atoms with Crippen molar-refractivity contribution in [3.05, 3.63) is 80.9 Å². The highest BCUT2D eigenvalue weighted by atomic mass is 35.5. The van der Waals surface area contributed by atoms with Crippen molar-refractivity contribution in [3.63, 3.8) is 0 Å². The number of anilines is 1. The maximum absolute atomic E-state index is 13.2. The number of H-pyrrole nitrogens is 1. The molecule has 1 aromatic heterocycles.